The molecule has 3 aliphatic rings. The van der Waals surface area contributed by atoms with Gasteiger partial charge in [-0.3, -0.25) is 14.5 Å². The normalized spacial score (nSPS) is 26.8. The van der Waals surface area contributed by atoms with Gasteiger partial charge in [-0.25, -0.2) is 0 Å². The zero-order chi connectivity index (χ0) is 18.2. The van der Waals surface area contributed by atoms with Gasteiger partial charge in [-0.05, 0) is 76.2 Å². The molecular weight excluding hydrogens is 324 g/mol. The molecule has 0 radical (unpaired) electrons. The van der Waals surface area contributed by atoms with E-state index in [1.54, 1.807) is 0 Å². The topological polar surface area (TPSA) is 40.6 Å². The quantitative estimate of drug-likeness (QED) is 0.665. The van der Waals surface area contributed by atoms with E-state index in [0.29, 0.717) is 37.0 Å². The summed E-state index contributed by atoms with van der Waals surface area (Å²) in [5.74, 6) is 1.71. The lowest BCUT2D eigenvalue weighted by Gasteiger charge is -2.31. The third kappa shape index (κ3) is 6.08. The van der Waals surface area contributed by atoms with E-state index in [1.807, 2.05) is 18.4 Å². The summed E-state index contributed by atoms with van der Waals surface area (Å²) >= 11 is 0. The molecule has 0 aromatic rings. The molecule has 0 atom stereocenters. The van der Waals surface area contributed by atoms with Crippen molar-refractivity contribution in [1.29, 1.82) is 0 Å². The van der Waals surface area contributed by atoms with E-state index in [9.17, 15) is 9.59 Å². The summed E-state index contributed by atoms with van der Waals surface area (Å²) in [5, 5.41) is 0. The lowest BCUT2D eigenvalue weighted by atomic mass is 9.78. The minimum Gasteiger partial charge on any atom is -0.366 e. The second-order valence-electron chi connectivity index (χ2n) is 8.30. The maximum absolute atomic E-state index is 12.5. The van der Waals surface area contributed by atoms with Crippen LogP contribution in [0.1, 0.15) is 57.8 Å². The molecule has 144 valence electrons. The summed E-state index contributed by atoms with van der Waals surface area (Å²) in [4.78, 5) is 29.2. The van der Waals surface area contributed by atoms with E-state index < -0.39 is 0 Å². The number of hydrogen-bond acceptors (Lipinski definition) is 4. The minimum atomic E-state index is 0.272. The SMILES string of the molecule is O=C(CCC1CCC(C(=O)CN2CCCCC2)CC1)CN1C=CC=CC1. The van der Waals surface area contributed by atoms with Crippen LogP contribution >= 0.6 is 0 Å². The third-order valence-electron chi connectivity index (χ3n) is 6.23. The van der Waals surface area contributed by atoms with E-state index in [1.165, 1.54) is 19.3 Å². The van der Waals surface area contributed by atoms with E-state index in [-0.39, 0.29) is 5.92 Å². The molecular formula is C22H34N2O2. The van der Waals surface area contributed by atoms with E-state index >= 15 is 0 Å². The molecule has 4 heteroatoms. The van der Waals surface area contributed by atoms with Crippen molar-refractivity contribution >= 4 is 11.6 Å². The first-order valence-electron chi connectivity index (χ1n) is 10.5. The molecule has 0 unspecified atom stereocenters. The van der Waals surface area contributed by atoms with Crippen molar-refractivity contribution in [2.45, 2.75) is 57.8 Å². The van der Waals surface area contributed by atoms with Crippen LogP contribution in [0, 0.1) is 11.8 Å². The fraction of sp³-hybridized carbons (Fsp3) is 0.727. The number of piperidine rings is 1. The smallest absolute Gasteiger partial charge is 0.152 e. The molecule has 2 aliphatic heterocycles. The Balaban J connectivity index is 1.30. The molecule has 0 bridgehead atoms. The highest BCUT2D eigenvalue weighted by molar-refractivity contribution is 5.83. The molecule has 0 aromatic heterocycles. The fourth-order valence-corrected chi connectivity index (χ4v) is 4.54. The summed E-state index contributed by atoms with van der Waals surface area (Å²) in [6, 6.07) is 0. The number of likely N-dealkylation sites (tertiary alicyclic amines) is 1. The van der Waals surface area contributed by atoms with Crippen molar-refractivity contribution in [1.82, 2.24) is 9.80 Å². The third-order valence-corrected chi connectivity index (χ3v) is 6.23. The molecule has 1 saturated carbocycles. The first-order valence-corrected chi connectivity index (χ1v) is 10.5. The second kappa shape index (κ2) is 10.1. The second-order valence-corrected chi connectivity index (χ2v) is 8.30. The van der Waals surface area contributed by atoms with Gasteiger partial charge in [-0.2, -0.15) is 0 Å². The van der Waals surface area contributed by atoms with Gasteiger partial charge in [0, 0.05) is 18.9 Å². The van der Waals surface area contributed by atoms with E-state index in [2.05, 4.69) is 15.9 Å². The molecule has 0 spiro atoms. The van der Waals surface area contributed by atoms with Crippen molar-refractivity contribution in [3.63, 3.8) is 0 Å². The molecule has 0 N–H and O–H groups in total. The van der Waals surface area contributed by atoms with Crippen LogP contribution in [0.3, 0.4) is 0 Å². The number of carbonyl (C=O) groups is 2. The number of hydrogen-bond donors (Lipinski definition) is 0. The van der Waals surface area contributed by atoms with Crippen molar-refractivity contribution in [2.24, 2.45) is 11.8 Å². The summed E-state index contributed by atoms with van der Waals surface area (Å²) < 4.78 is 0. The lowest BCUT2D eigenvalue weighted by molar-refractivity contribution is -0.125. The highest BCUT2D eigenvalue weighted by Crippen LogP contribution is 2.32. The van der Waals surface area contributed by atoms with Crippen LogP contribution in [-0.2, 0) is 9.59 Å². The van der Waals surface area contributed by atoms with Crippen molar-refractivity contribution < 1.29 is 9.59 Å². The standard InChI is InChI=1S/C22H34N2O2/c25-21(17-23-13-3-1-4-14-23)12-9-19-7-10-20(11-8-19)22(26)18-24-15-5-2-6-16-24/h1,3-4,13,19-20H,2,5-12,14-18H2. The molecule has 26 heavy (non-hydrogen) atoms. The number of carbonyl (C=O) groups excluding carboxylic acids is 2. The number of allylic oxidation sites excluding steroid dienone is 2. The summed E-state index contributed by atoms with van der Waals surface area (Å²) in [6.07, 6.45) is 17.9. The fourth-order valence-electron chi connectivity index (χ4n) is 4.54. The van der Waals surface area contributed by atoms with Gasteiger partial charge in [0.05, 0.1) is 13.1 Å². The highest BCUT2D eigenvalue weighted by Gasteiger charge is 2.27. The Morgan fingerprint density at radius 1 is 0.923 bits per heavy atom. The minimum absolute atomic E-state index is 0.272. The largest absolute Gasteiger partial charge is 0.366 e. The van der Waals surface area contributed by atoms with Gasteiger partial charge in [0.15, 0.2) is 5.78 Å². The Bertz CT molecular complexity index is 526. The first-order chi connectivity index (χ1) is 12.7. The van der Waals surface area contributed by atoms with Crippen molar-refractivity contribution in [3.8, 4) is 0 Å². The average Bonchev–Trinajstić information content (AvgIpc) is 2.68. The molecule has 3 rings (SSSR count). The molecule has 1 aliphatic carbocycles. The average molecular weight is 359 g/mol. The van der Waals surface area contributed by atoms with Crippen molar-refractivity contribution in [3.05, 3.63) is 24.4 Å². The van der Waals surface area contributed by atoms with Crippen LogP contribution in [0.15, 0.2) is 24.4 Å². The van der Waals surface area contributed by atoms with Crippen LogP contribution in [0.25, 0.3) is 0 Å². The van der Waals surface area contributed by atoms with Crippen LogP contribution in [0.4, 0.5) is 0 Å². The van der Waals surface area contributed by atoms with Gasteiger partial charge in [-0.1, -0.05) is 18.6 Å². The maximum atomic E-state index is 12.5. The number of Topliss-reactive ketones (excluding diaryl/α,β-unsaturated/α-hetero) is 2. The number of ketones is 2. The molecule has 1 saturated heterocycles. The maximum Gasteiger partial charge on any atom is 0.152 e. The first kappa shape index (κ1) is 19.3. The Kier molecular flexibility index (Phi) is 7.48. The van der Waals surface area contributed by atoms with Gasteiger partial charge in [-0.15, -0.1) is 0 Å². The summed E-state index contributed by atoms with van der Waals surface area (Å²) in [5.41, 5.74) is 0. The van der Waals surface area contributed by atoms with Gasteiger partial charge in [0.1, 0.15) is 5.78 Å². The zero-order valence-corrected chi connectivity index (χ0v) is 16.1. The van der Waals surface area contributed by atoms with Gasteiger partial charge < -0.3 is 4.90 Å². The molecule has 0 aromatic carbocycles. The van der Waals surface area contributed by atoms with Crippen LogP contribution < -0.4 is 0 Å². The van der Waals surface area contributed by atoms with Crippen LogP contribution in [-0.4, -0.2) is 54.1 Å². The Morgan fingerprint density at radius 3 is 2.38 bits per heavy atom. The van der Waals surface area contributed by atoms with Crippen molar-refractivity contribution in [2.75, 3.05) is 32.7 Å². The Morgan fingerprint density at radius 2 is 1.69 bits per heavy atom. The highest BCUT2D eigenvalue weighted by atomic mass is 16.1. The molecule has 2 heterocycles. The van der Waals surface area contributed by atoms with E-state index in [0.717, 1.165) is 51.7 Å². The van der Waals surface area contributed by atoms with E-state index in [4.69, 9.17) is 0 Å². The lowest BCUT2D eigenvalue weighted by Crippen LogP contribution is -2.37. The Labute approximate surface area is 158 Å². The predicted molar refractivity (Wildman–Crippen MR) is 105 cm³/mol. The van der Waals surface area contributed by atoms with Crippen LogP contribution in [0.5, 0.6) is 0 Å². The Hall–Kier alpha value is -1.42. The number of rotatable bonds is 8. The van der Waals surface area contributed by atoms with Gasteiger partial charge in [0.25, 0.3) is 0 Å². The van der Waals surface area contributed by atoms with Crippen LogP contribution in [0.2, 0.25) is 0 Å². The summed E-state index contributed by atoms with van der Waals surface area (Å²) in [6.45, 7) is 4.25. The van der Waals surface area contributed by atoms with Gasteiger partial charge in [0.2, 0.25) is 0 Å². The number of nitrogens with zero attached hydrogens (tertiary/aromatic N) is 2. The zero-order valence-electron chi connectivity index (χ0n) is 16.1. The monoisotopic (exact) mass is 358 g/mol. The molecule has 4 nitrogen and oxygen atoms in total. The predicted octanol–water partition coefficient (Wildman–Crippen LogP) is 3.58. The van der Waals surface area contributed by atoms with Gasteiger partial charge >= 0.3 is 0 Å². The molecule has 2 fully saturated rings. The summed E-state index contributed by atoms with van der Waals surface area (Å²) in [7, 11) is 0. The molecule has 0 amide bonds.